The molecule has 3 aromatic rings. The summed E-state index contributed by atoms with van der Waals surface area (Å²) >= 11 is 0. The fourth-order valence-electron chi connectivity index (χ4n) is 4.92. The lowest BCUT2D eigenvalue weighted by Gasteiger charge is -2.47. The van der Waals surface area contributed by atoms with Gasteiger partial charge in [-0.3, -0.25) is 0 Å². The van der Waals surface area contributed by atoms with E-state index in [1.165, 1.54) is 12.1 Å². The summed E-state index contributed by atoms with van der Waals surface area (Å²) in [6.45, 7) is 9.25. The maximum Gasteiger partial charge on any atom is 0.223 e. The average Bonchev–Trinajstić information content (AvgIpc) is 3.16. The molecule has 1 saturated heterocycles. The van der Waals surface area contributed by atoms with E-state index in [4.69, 9.17) is 15.1 Å². The molecule has 8 heteroatoms. The number of hydrogen-bond acceptors (Lipinski definition) is 6. The summed E-state index contributed by atoms with van der Waals surface area (Å²) in [5.41, 5.74) is 3.12. The molecule has 1 fully saturated rings. The van der Waals surface area contributed by atoms with Crippen LogP contribution in [0.4, 0.5) is 10.3 Å². The number of benzene rings is 1. The molecular formula is C24H31FN6O. The van der Waals surface area contributed by atoms with Gasteiger partial charge in [0.2, 0.25) is 5.95 Å². The van der Waals surface area contributed by atoms with Gasteiger partial charge in [-0.15, -0.1) is 0 Å². The maximum atomic E-state index is 13.6. The topological polar surface area (TPSA) is 87.9 Å². The van der Waals surface area contributed by atoms with Gasteiger partial charge < -0.3 is 20.3 Å². The zero-order chi connectivity index (χ0) is 22.9. The summed E-state index contributed by atoms with van der Waals surface area (Å²) in [5, 5.41) is 15.9. The van der Waals surface area contributed by atoms with Gasteiger partial charge in [0.15, 0.2) is 0 Å². The fourth-order valence-corrected chi connectivity index (χ4v) is 4.92. The lowest BCUT2D eigenvalue weighted by atomic mass is 9.79. The molecule has 0 saturated carbocycles. The Bertz CT molecular complexity index is 1060. The molecule has 1 aliphatic rings. The van der Waals surface area contributed by atoms with Crippen LogP contribution in [0.1, 0.15) is 46.6 Å². The number of rotatable bonds is 6. The minimum absolute atomic E-state index is 0.00834. The lowest BCUT2D eigenvalue weighted by Crippen LogP contribution is -2.57. The Hall–Kier alpha value is -2.84. The first-order chi connectivity index (χ1) is 15.2. The van der Waals surface area contributed by atoms with Crippen LogP contribution < -0.4 is 10.6 Å². The van der Waals surface area contributed by atoms with E-state index in [0.29, 0.717) is 12.5 Å². The van der Waals surface area contributed by atoms with Gasteiger partial charge in [-0.25, -0.2) is 19.3 Å². The molecule has 170 valence electrons. The summed E-state index contributed by atoms with van der Waals surface area (Å²) in [4.78, 5) is 13.7. The molecule has 4 rings (SSSR count). The highest BCUT2D eigenvalue weighted by atomic mass is 19.1. The highest BCUT2D eigenvalue weighted by molar-refractivity contribution is 5.77. The van der Waals surface area contributed by atoms with E-state index >= 15 is 0 Å². The van der Waals surface area contributed by atoms with Crippen molar-refractivity contribution in [3.8, 4) is 22.6 Å². The summed E-state index contributed by atoms with van der Waals surface area (Å²) in [5.74, 6) is 0.162. The number of piperidine rings is 1. The number of nitrogens with one attached hydrogen (secondary N) is 2. The van der Waals surface area contributed by atoms with E-state index in [-0.39, 0.29) is 29.5 Å². The SMILES string of the molecule is CC1(C)CC(n2cnc(-c3ccc(F)cc3)c2-c2ccnc(NCCO)n2)CC(C)(C)N1. The van der Waals surface area contributed by atoms with Gasteiger partial charge in [0.1, 0.15) is 5.82 Å². The zero-order valence-electron chi connectivity index (χ0n) is 19.1. The number of imidazole rings is 1. The molecule has 0 amide bonds. The quantitative estimate of drug-likeness (QED) is 0.539. The van der Waals surface area contributed by atoms with Crippen LogP contribution in [0, 0.1) is 5.82 Å². The van der Waals surface area contributed by atoms with Gasteiger partial charge >= 0.3 is 0 Å². The number of aliphatic hydroxyl groups excluding tert-OH is 1. The lowest BCUT2D eigenvalue weighted by molar-refractivity contribution is 0.133. The number of nitrogens with zero attached hydrogens (tertiary/aromatic N) is 4. The second-order valence-electron chi connectivity index (χ2n) is 9.73. The summed E-state index contributed by atoms with van der Waals surface area (Å²) in [6, 6.07) is 8.46. The van der Waals surface area contributed by atoms with E-state index in [1.807, 2.05) is 12.4 Å². The van der Waals surface area contributed by atoms with Crippen molar-refractivity contribution >= 4 is 5.95 Å². The molecule has 2 aromatic heterocycles. The summed E-state index contributed by atoms with van der Waals surface area (Å²) in [7, 11) is 0. The first kappa shape index (κ1) is 22.4. The zero-order valence-corrected chi connectivity index (χ0v) is 19.1. The van der Waals surface area contributed by atoms with E-state index in [1.54, 1.807) is 18.3 Å². The van der Waals surface area contributed by atoms with Crippen molar-refractivity contribution in [2.24, 2.45) is 0 Å². The van der Waals surface area contributed by atoms with Gasteiger partial charge in [0.05, 0.1) is 30.0 Å². The van der Waals surface area contributed by atoms with Crippen molar-refractivity contribution in [2.45, 2.75) is 57.7 Å². The van der Waals surface area contributed by atoms with Gasteiger partial charge in [0.25, 0.3) is 0 Å². The highest BCUT2D eigenvalue weighted by Crippen LogP contribution is 2.40. The number of aromatic nitrogens is 4. The van der Waals surface area contributed by atoms with Gasteiger partial charge in [-0.2, -0.15) is 0 Å². The third-order valence-corrected chi connectivity index (χ3v) is 5.77. The maximum absolute atomic E-state index is 13.6. The van der Waals surface area contributed by atoms with Crippen LogP contribution in [-0.2, 0) is 0 Å². The first-order valence-electron chi connectivity index (χ1n) is 11.0. The molecule has 0 bridgehead atoms. The third kappa shape index (κ3) is 4.81. The molecule has 0 unspecified atom stereocenters. The molecule has 3 heterocycles. The number of anilines is 1. The van der Waals surface area contributed by atoms with Crippen LogP contribution in [0.15, 0.2) is 42.9 Å². The Morgan fingerprint density at radius 3 is 2.44 bits per heavy atom. The van der Waals surface area contributed by atoms with E-state index in [0.717, 1.165) is 35.5 Å². The van der Waals surface area contributed by atoms with Crippen LogP contribution >= 0.6 is 0 Å². The second-order valence-corrected chi connectivity index (χ2v) is 9.73. The second kappa shape index (κ2) is 8.60. The monoisotopic (exact) mass is 438 g/mol. The van der Waals surface area contributed by atoms with Crippen molar-refractivity contribution in [1.29, 1.82) is 0 Å². The van der Waals surface area contributed by atoms with Crippen molar-refractivity contribution < 1.29 is 9.50 Å². The average molecular weight is 439 g/mol. The molecule has 32 heavy (non-hydrogen) atoms. The molecule has 0 aliphatic carbocycles. The fraction of sp³-hybridized carbons (Fsp3) is 0.458. The van der Waals surface area contributed by atoms with Gasteiger partial charge in [-0.05, 0) is 70.9 Å². The number of halogens is 1. The Kier molecular flexibility index (Phi) is 6.01. The number of hydrogen-bond donors (Lipinski definition) is 3. The van der Waals surface area contributed by atoms with Crippen molar-refractivity contribution in [2.75, 3.05) is 18.5 Å². The molecule has 1 aromatic carbocycles. The van der Waals surface area contributed by atoms with E-state index in [9.17, 15) is 4.39 Å². The van der Waals surface area contributed by atoms with Crippen LogP contribution in [-0.4, -0.2) is 48.9 Å². The molecule has 0 atom stereocenters. The van der Waals surface area contributed by atoms with E-state index < -0.39 is 0 Å². The molecule has 3 N–H and O–H groups in total. The Morgan fingerprint density at radius 2 is 1.78 bits per heavy atom. The van der Waals surface area contributed by atoms with Crippen LogP contribution in [0.5, 0.6) is 0 Å². The molecule has 0 radical (unpaired) electrons. The highest BCUT2D eigenvalue weighted by Gasteiger charge is 2.39. The summed E-state index contributed by atoms with van der Waals surface area (Å²) < 4.78 is 15.8. The normalized spacial score (nSPS) is 17.9. The van der Waals surface area contributed by atoms with E-state index in [2.05, 4.69) is 47.9 Å². The van der Waals surface area contributed by atoms with Gasteiger partial charge in [-0.1, -0.05) is 0 Å². The standard InChI is InChI=1S/C24H31FN6O/c1-23(2)13-18(14-24(3,4)30-23)31-15-28-20(16-5-7-17(25)8-6-16)21(31)19-9-10-26-22(29-19)27-11-12-32/h5-10,15,18,30,32H,11-14H2,1-4H3,(H,26,27,29). The molecule has 1 aliphatic heterocycles. The van der Waals surface area contributed by atoms with Crippen molar-refractivity contribution in [3.05, 3.63) is 48.7 Å². The van der Waals surface area contributed by atoms with Gasteiger partial charge in [0, 0.05) is 35.4 Å². The predicted molar refractivity (Wildman–Crippen MR) is 124 cm³/mol. The molecule has 0 spiro atoms. The summed E-state index contributed by atoms with van der Waals surface area (Å²) in [6.07, 6.45) is 5.44. The smallest absolute Gasteiger partial charge is 0.223 e. The first-order valence-corrected chi connectivity index (χ1v) is 11.0. The Balaban J connectivity index is 1.84. The number of aliphatic hydroxyl groups is 1. The van der Waals surface area contributed by atoms with Crippen LogP contribution in [0.25, 0.3) is 22.6 Å². The Morgan fingerprint density at radius 1 is 1.09 bits per heavy atom. The third-order valence-electron chi connectivity index (χ3n) is 5.77. The molecular weight excluding hydrogens is 407 g/mol. The predicted octanol–water partition coefficient (Wildman–Crippen LogP) is 4.03. The van der Waals surface area contributed by atoms with Crippen molar-refractivity contribution in [1.82, 2.24) is 24.8 Å². The van der Waals surface area contributed by atoms with Crippen molar-refractivity contribution in [3.63, 3.8) is 0 Å². The molecule has 7 nitrogen and oxygen atoms in total. The Labute approximate surface area is 188 Å². The van der Waals surface area contributed by atoms with Crippen LogP contribution in [0.3, 0.4) is 0 Å². The largest absolute Gasteiger partial charge is 0.395 e. The minimum atomic E-state index is -0.283. The van der Waals surface area contributed by atoms with Crippen LogP contribution in [0.2, 0.25) is 0 Å². The minimum Gasteiger partial charge on any atom is -0.395 e.